The van der Waals surface area contributed by atoms with Crippen molar-refractivity contribution in [1.29, 1.82) is 0 Å². The van der Waals surface area contributed by atoms with E-state index in [0.717, 1.165) is 0 Å². The molecule has 0 amide bonds. The SMILES string of the molecule is O=C(Cc1cc(F)ccc1Cl)c1ccc(Br)cc1F. The maximum atomic E-state index is 13.6. The summed E-state index contributed by atoms with van der Waals surface area (Å²) in [6.07, 6.45) is -0.144. The van der Waals surface area contributed by atoms with E-state index < -0.39 is 17.4 Å². The van der Waals surface area contributed by atoms with Crippen LogP contribution < -0.4 is 0 Å². The molecule has 2 aromatic rings. The molecule has 0 aromatic heterocycles. The summed E-state index contributed by atoms with van der Waals surface area (Å²) in [5.41, 5.74) is 0.303. The van der Waals surface area contributed by atoms with Crippen LogP contribution in [0.25, 0.3) is 0 Å². The summed E-state index contributed by atoms with van der Waals surface area (Å²) in [7, 11) is 0. The second-order valence-electron chi connectivity index (χ2n) is 3.96. The summed E-state index contributed by atoms with van der Waals surface area (Å²) in [5, 5.41) is 0.285. The Balaban J connectivity index is 2.28. The van der Waals surface area contributed by atoms with Crippen LogP contribution in [-0.2, 0) is 6.42 Å². The van der Waals surface area contributed by atoms with E-state index in [1.165, 1.54) is 30.3 Å². The van der Waals surface area contributed by atoms with Crippen molar-refractivity contribution in [3.63, 3.8) is 0 Å². The van der Waals surface area contributed by atoms with Gasteiger partial charge in [0.1, 0.15) is 11.6 Å². The molecule has 0 unspecified atom stereocenters. The van der Waals surface area contributed by atoms with Gasteiger partial charge in [-0.15, -0.1) is 0 Å². The van der Waals surface area contributed by atoms with Crippen molar-refractivity contribution in [2.24, 2.45) is 0 Å². The highest BCUT2D eigenvalue weighted by Gasteiger charge is 2.14. The summed E-state index contributed by atoms with van der Waals surface area (Å²) < 4.78 is 27.3. The molecule has 0 atom stereocenters. The molecule has 0 bridgehead atoms. The summed E-state index contributed by atoms with van der Waals surface area (Å²) in [6.45, 7) is 0. The van der Waals surface area contributed by atoms with Gasteiger partial charge in [0.15, 0.2) is 5.78 Å². The van der Waals surface area contributed by atoms with Crippen molar-refractivity contribution in [3.05, 3.63) is 68.7 Å². The van der Waals surface area contributed by atoms with Gasteiger partial charge >= 0.3 is 0 Å². The summed E-state index contributed by atoms with van der Waals surface area (Å²) in [5.74, 6) is -1.55. The molecule has 2 rings (SSSR count). The molecule has 1 nitrogen and oxygen atoms in total. The Kier molecular flexibility index (Phi) is 4.32. The molecule has 0 heterocycles. The van der Waals surface area contributed by atoms with Gasteiger partial charge in [0.05, 0.1) is 5.56 Å². The van der Waals surface area contributed by atoms with E-state index in [-0.39, 0.29) is 17.0 Å². The zero-order valence-corrected chi connectivity index (χ0v) is 11.9. The number of ketones is 1. The Morgan fingerprint density at radius 3 is 2.58 bits per heavy atom. The summed E-state index contributed by atoms with van der Waals surface area (Å²) in [4.78, 5) is 12.0. The fraction of sp³-hybridized carbons (Fsp3) is 0.0714. The Labute approximate surface area is 122 Å². The average Bonchev–Trinajstić information content (AvgIpc) is 2.33. The second-order valence-corrected chi connectivity index (χ2v) is 5.28. The largest absolute Gasteiger partial charge is 0.294 e. The highest BCUT2D eigenvalue weighted by atomic mass is 79.9. The smallest absolute Gasteiger partial charge is 0.170 e. The van der Waals surface area contributed by atoms with Crippen LogP contribution in [0.15, 0.2) is 40.9 Å². The van der Waals surface area contributed by atoms with Crippen LogP contribution in [0.2, 0.25) is 5.02 Å². The fourth-order valence-corrected chi connectivity index (χ4v) is 2.18. The van der Waals surface area contributed by atoms with Gasteiger partial charge in [-0.25, -0.2) is 8.78 Å². The number of carbonyl (C=O) groups is 1. The van der Waals surface area contributed by atoms with E-state index in [4.69, 9.17) is 11.6 Å². The van der Waals surface area contributed by atoms with Gasteiger partial charge in [-0.1, -0.05) is 27.5 Å². The molecule has 0 spiro atoms. The van der Waals surface area contributed by atoms with Gasteiger partial charge in [0.2, 0.25) is 0 Å². The van der Waals surface area contributed by atoms with Crippen molar-refractivity contribution in [1.82, 2.24) is 0 Å². The van der Waals surface area contributed by atoms with E-state index >= 15 is 0 Å². The van der Waals surface area contributed by atoms with Crippen LogP contribution in [0.3, 0.4) is 0 Å². The molecule has 0 N–H and O–H groups in total. The Hall–Kier alpha value is -1.26. The molecule has 0 radical (unpaired) electrons. The van der Waals surface area contributed by atoms with E-state index in [1.54, 1.807) is 6.07 Å². The maximum Gasteiger partial charge on any atom is 0.170 e. The van der Waals surface area contributed by atoms with Crippen molar-refractivity contribution in [3.8, 4) is 0 Å². The van der Waals surface area contributed by atoms with E-state index in [1.807, 2.05) is 0 Å². The lowest BCUT2D eigenvalue weighted by molar-refractivity contribution is 0.0989. The standard InChI is InChI=1S/C14H8BrClF2O/c15-9-1-3-11(13(18)7-9)14(19)6-8-5-10(17)2-4-12(8)16/h1-5,7H,6H2. The lowest BCUT2D eigenvalue weighted by Gasteiger charge is -2.05. The summed E-state index contributed by atoms with van der Waals surface area (Å²) >= 11 is 8.98. The van der Waals surface area contributed by atoms with Crippen LogP contribution >= 0.6 is 27.5 Å². The van der Waals surface area contributed by atoms with Crippen LogP contribution in [0.4, 0.5) is 8.78 Å². The molecule has 2 aromatic carbocycles. The quantitative estimate of drug-likeness (QED) is 0.730. The topological polar surface area (TPSA) is 17.1 Å². The zero-order valence-electron chi connectivity index (χ0n) is 9.59. The highest BCUT2D eigenvalue weighted by molar-refractivity contribution is 9.10. The number of halogens is 4. The average molecular weight is 346 g/mol. The fourth-order valence-electron chi connectivity index (χ4n) is 1.66. The normalized spacial score (nSPS) is 10.5. The molecule has 98 valence electrons. The molecule has 0 aliphatic rings. The minimum Gasteiger partial charge on any atom is -0.294 e. The first-order valence-electron chi connectivity index (χ1n) is 5.39. The Morgan fingerprint density at radius 1 is 1.16 bits per heavy atom. The number of hydrogen-bond donors (Lipinski definition) is 0. The van der Waals surface area contributed by atoms with E-state index in [2.05, 4.69) is 15.9 Å². The molecular weight excluding hydrogens is 338 g/mol. The third kappa shape index (κ3) is 3.39. The van der Waals surface area contributed by atoms with Crippen LogP contribution in [0, 0.1) is 11.6 Å². The predicted octanol–water partition coefficient (Wildman–Crippen LogP) is 4.81. The van der Waals surface area contributed by atoms with Gasteiger partial charge < -0.3 is 0 Å². The molecular formula is C14H8BrClF2O. The van der Waals surface area contributed by atoms with E-state index in [0.29, 0.717) is 10.0 Å². The lowest BCUT2D eigenvalue weighted by Crippen LogP contribution is -2.07. The molecule has 0 aliphatic heterocycles. The number of hydrogen-bond acceptors (Lipinski definition) is 1. The molecule has 5 heteroatoms. The Morgan fingerprint density at radius 2 is 1.89 bits per heavy atom. The zero-order chi connectivity index (χ0) is 14.0. The van der Waals surface area contributed by atoms with Gasteiger partial charge in [-0.3, -0.25) is 4.79 Å². The van der Waals surface area contributed by atoms with Gasteiger partial charge in [-0.05, 0) is 42.0 Å². The molecule has 0 fully saturated rings. The molecule has 19 heavy (non-hydrogen) atoms. The van der Waals surface area contributed by atoms with E-state index in [9.17, 15) is 13.6 Å². The second kappa shape index (κ2) is 5.80. The first-order chi connectivity index (χ1) is 8.97. The summed E-state index contributed by atoms with van der Waals surface area (Å²) in [6, 6.07) is 7.92. The monoisotopic (exact) mass is 344 g/mol. The number of benzene rings is 2. The van der Waals surface area contributed by atoms with Gasteiger partial charge in [-0.2, -0.15) is 0 Å². The van der Waals surface area contributed by atoms with Gasteiger partial charge in [0.25, 0.3) is 0 Å². The third-order valence-corrected chi connectivity index (χ3v) is 3.45. The Bertz CT molecular complexity index is 643. The van der Waals surface area contributed by atoms with Crippen LogP contribution in [0.1, 0.15) is 15.9 Å². The molecule has 0 saturated heterocycles. The number of Topliss-reactive ketones (excluding diaryl/α,β-unsaturated/α-hetero) is 1. The highest BCUT2D eigenvalue weighted by Crippen LogP contribution is 2.21. The van der Waals surface area contributed by atoms with Crippen molar-refractivity contribution >= 4 is 33.3 Å². The van der Waals surface area contributed by atoms with Crippen molar-refractivity contribution < 1.29 is 13.6 Å². The molecule has 0 saturated carbocycles. The maximum absolute atomic E-state index is 13.6. The minimum absolute atomic E-state index is 0.0384. The lowest BCUT2D eigenvalue weighted by atomic mass is 10.0. The molecule has 0 aliphatic carbocycles. The van der Waals surface area contributed by atoms with Crippen LogP contribution in [0.5, 0.6) is 0 Å². The third-order valence-electron chi connectivity index (χ3n) is 2.59. The number of carbonyl (C=O) groups excluding carboxylic acids is 1. The predicted molar refractivity (Wildman–Crippen MR) is 73.5 cm³/mol. The first kappa shape index (κ1) is 14.2. The van der Waals surface area contributed by atoms with Crippen molar-refractivity contribution in [2.45, 2.75) is 6.42 Å². The van der Waals surface area contributed by atoms with Crippen molar-refractivity contribution in [2.75, 3.05) is 0 Å². The number of rotatable bonds is 3. The first-order valence-corrected chi connectivity index (χ1v) is 6.56. The van der Waals surface area contributed by atoms with Crippen LogP contribution in [-0.4, -0.2) is 5.78 Å². The minimum atomic E-state index is -0.619. The van der Waals surface area contributed by atoms with Gasteiger partial charge in [0, 0.05) is 15.9 Å².